The Morgan fingerprint density at radius 2 is 1.40 bits per heavy atom. The van der Waals surface area contributed by atoms with Gasteiger partial charge >= 0.3 is 0 Å². The van der Waals surface area contributed by atoms with Crippen LogP contribution in [-0.2, 0) is 12.8 Å². The second-order valence-electron chi connectivity index (χ2n) is 4.10. The molecule has 0 bridgehead atoms. The first-order valence-corrected chi connectivity index (χ1v) is 6.09. The van der Waals surface area contributed by atoms with E-state index < -0.39 is 0 Å². The topological polar surface area (TPSA) is 25.8 Å². The number of aromatic nitrogens is 2. The molecule has 1 heterocycles. The van der Waals surface area contributed by atoms with Crippen molar-refractivity contribution in [1.29, 1.82) is 0 Å². The highest BCUT2D eigenvalue weighted by molar-refractivity contribution is 5.11. The Kier molecular flexibility index (Phi) is 5.30. The highest BCUT2D eigenvalue weighted by Gasteiger charge is 2.01. The van der Waals surface area contributed by atoms with E-state index in [-0.39, 0.29) is 0 Å². The lowest BCUT2D eigenvalue weighted by Gasteiger charge is -2.05. The molecule has 1 rings (SSSR count). The molecule has 0 aliphatic heterocycles. The smallest absolute Gasteiger partial charge is 0.125 e. The van der Waals surface area contributed by atoms with Crippen LogP contribution in [0.15, 0.2) is 6.07 Å². The molecule has 0 spiro atoms. The van der Waals surface area contributed by atoms with Crippen molar-refractivity contribution >= 4 is 0 Å². The second-order valence-corrected chi connectivity index (χ2v) is 4.10. The summed E-state index contributed by atoms with van der Waals surface area (Å²) in [5.74, 6) is 0.926. The lowest BCUT2D eigenvalue weighted by Crippen LogP contribution is -2.00. The van der Waals surface area contributed by atoms with Crippen LogP contribution in [0, 0.1) is 6.92 Å². The molecule has 1 aromatic heterocycles. The van der Waals surface area contributed by atoms with Crippen LogP contribution in [0.1, 0.15) is 56.7 Å². The minimum Gasteiger partial charge on any atom is -0.238 e. The van der Waals surface area contributed by atoms with Crippen molar-refractivity contribution in [3.63, 3.8) is 0 Å². The maximum absolute atomic E-state index is 4.47. The summed E-state index contributed by atoms with van der Waals surface area (Å²) < 4.78 is 0. The maximum Gasteiger partial charge on any atom is 0.125 e. The van der Waals surface area contributed by atoms with Gasteiger partial charge in [0.25, 0.3) is 0 Å². The quantitative estimate of drug-likeness (QED) is 0.712. The number of nitrogens with zero attached hydrogens (tertiary/aromatic N) is 2. The number of unbranched alkanes of at least 4 members (excludes halogenated alkanes) is 2. The SMILES string of the molecule is CCCCc1cc(CCCC)nc(C)n1. The summed E-state index contributed by atoms with van der Waals surface area (Å²) in [5.41, 5.74) is 2.44. The van der Waals surface area contributed by atoms with Gasteiger partial charge in [-0.3, -0.25) is 0 Å². The molecular weight excluding hydrogens is 184 g/mol. The molecular formula is C13H22N2. The zero-order chi connectivity index (χ0) is 11.1. The van der Waals surface area contributed by atoms with Crippen LogP contribution < -0.4 is 0 Å². The van der Waals surface area contributed by atoms with E-state index >= 15 is 0 Å². The monoisotopic (exact) mass is 206 g/mol. The van der Waals surface area contributed by atoms with Crippen LogP contribution in [0.2, 0.25) is 0 Å². The van der Waals surface area contributed by atoms with E-state index in [1.807, 2.05) is 6.92 Å². The van der Waals surface area contributed by atoms with Gasteiger partial charge in [-0.2, -0.15) is 0 Å². The highest BCUT2D eigenvalue weighted by Crippen LogP contribution is 2.08. The van der Waals surface area contributed by atoms with Crippen LogP contribution in [-0.4, -0.2) is 9.97 Å². The third-order valence-electron chi connectivity index (χ3n) is 2.52. The van der Waals surface area contributed by atoms with Gasteiger partial charge in [0.1, 0.15) is 5.82 Å². The largest absolute Gasteiger partial charge is 0.238 e. The van der Waals surface area contributed by atoms with Gasteiger partial charge in [-0.25, -0.2) is 9.97 Å². The van der Waals surface area contributed by atoms with Crippen LogP contribution in [0.25, 0.3) is 0 Å². The lowest BCUT2D eigenvalue weighted by atomic mass is 10.1. The first kappa shape index (κ1) is 12.2. The molecule has 2 nitrogen and oxygen atoms in total. The van der Waals surface area contributed by atoms with Gasteiger partial charge in [-0.1, -0.05) is 26.7 Å². The predicted octanol–water partition coefficient (Wildman–Crippen LogP) is 3.47. The number of rotatable bonds is 6. The fraction of sp³-hybridized carbons (Fsp3) is 0.692. The van der Waals surface area contributed by atoms with Crippen molar-refractivity contribution in [1.82, 2.24) is 9.97 Å². The lowest BCUT2D eigenvalue weighted by molar-refractivity contribution is 0.739. The molecule has 0 radical (unpaired) electrons. The highest BCUT2D eigenvalue weighted by atomic mass is 14.9. The van der Waals surface area contributed by atoms with Gasteiger partial charge in [-0.15, -0.1) is 0 Å². The molecule has 2 heteroatoms. The summed E-state index contributed by atoms with van der Waals surface area (Å²) in [6, 6.07) is 2.18. The average Bonchev–Trinajstić information content (AvgIpc) is 2.23. The van der Waals surface area contributed by atoms with Crippen molar-refractivity contribution in [3.05, 3.63) is 23.3 Å². The Bertz CT molecular complexity index is 268. The number of aryl methyl sites for hydroxylation is 3. The van der Waals surface area contributed by atoms with Crippen molar-refractivity contribution < 1.29 is 0 Å². The molecule has 0 N–H and O–H groups in total. The molecule has 0 fully saturated rings. The molecule has 0 unspecified atom stereocenters. The Balaban J connectivity index is 2.66. The average molecular weight is 206 g/mol. The molecule has 0 aliphatic carbocycles. The second kappa shape index (κ2) is 6.54. The summed E-state index contributed by atoms with van der Waals surface area (Å²) in [5, 5.41) is 0. The summed E-state index contributed by atoms with van der Waals surface area (Å²) >= 11 is 0. The maximum atomic E-state index is 4.47. The fourth-order valence-corrected chi connectivity index (χ4v) is 1.67. The van der Waals surface area contributed by atoms with E-state index in [4.69, 9.17) is 0 Å². The number of hydrogen-bond acceptors (Lipinski definition) is 2. The summed E-state index contributed by atoms with van der Waals surface area (Å²) in [7, 11) is 0. The third-order valence-corrected chi connectivity index (χ3v) is 2.52. The molecule has 0 atom stereocenters. The predicted molar refractivity (Wildman–Crippen MR) is 64.0 cm³/mol. The van der Waals surface area contributed by atoms with E-state index in [0.29, 0.717) is 0 Å². The molecule has 0 saturated carbocycles. The van der Waals surface area contributed by atoms with Crippen molar-refractivity contribution in [2.45, 2.75) is 59.3 Å². The Morgan fingerprint density at radius 3 is 1.80 bits per heavy atom. The summed E-state index contributed by atoms with van der Waals surface area (Å²) in [4.78, 5) is 8.94. The first-order valence-electron chi connectivity index (χ1n) is 6.09. The molecule has 0 aromatic carbocycles. The molecule has 0 saturated heterocycles. The van der Waals surface area contributed by atoms with Gasteiger partial charge in [0.2, 0.25) is 0 Å². The Labute approximate surface area is 93.2 Å². The standard InChI is InChI=1S/C13H22N2/c1-4-6-8-12-10-13(9-7-5-2)15-11(3)14-12/h10H,4-9H2,1-3H3. The van der Waals surface area contributed by atoms with Crippen molar-refractivity contribution in [2.24, 2.45) is 0 Å². The minimum atomic E-state index is 0.926. The van der Waals surface area contributed by atoms with Crippen LogP contribution >= 0.6 is 0 Å². The van der Waals surface area contributed by atoms with E-state index in [9.17, 15) is 0 Å². The van der Waals surface area contributed by atoms with Gasteiger partial charge in [0, 0.05) is 11.4 Å². The summed E-state index contributed by atoms with van der Waals surface area (Å²) in [6.07, 6.45) is 7.10. The number of hydrogen-bond donors (Lipinski definition) is 0. The van der Waals surface area contributed by atoms with Gasteiger partial charge < -0.3 is 0 Å². The van der Waals surface area contributed by atoms with Crippen LogP contribution in [0.5, 0.6) is 0 Å². The minimum absolute atomic E-state index is 0.926. The van der Waals surface area contributed by atoms with Crippen LogP contribution in [0.3, 0.4) is 0 Å². The Hall–Kier alpha value is -0.920. The first-order chi connectivity index (χ1) is 7.26. The third kappa shape index (κ3) is 4.41. The van der Waals surface area contributed by atoms with Crippen molar-refractivity contribution in [2.75, 3.05) is 0 Å². The van der Waals surface area contributed by atoms with E-state index in [1.165, 1.54) is 37.1 Å². The molecule has 0 amide bonds. The summed E-state index contributed by atoms with van der Waals surface area (Å²) in [6.45, 7) is 6.42. The zero-order valence-electron chi connectivity index (χ0n) is 10.2. The molecule has 15 heavy (non-hydrogen) atoms. The van der Waals surface area contributed by atoms with E-state index in [1.54, 1.807) is 0 Å². The zero-order valence-corrected chi connectivity index (χ0v) is 10.2. The molecule has 0 aliphatic rings. The van der Waals surface area contributed by atoms with E-state index in [2.05, 4.69) is 29.9 Å². The van der Waals surface area contributed by atoms with Gasteiger partial charge in [0.15, 0.2) is 0 Å². The molecule has 1 aromatic rings. The fourth-order valence-electron chi connectivity index (χ4n) is 1.67. The van der Waals surface area contributed by atoms with E-state index in [0.717, 1.165) is 18.7 Å². The van der Waals surface area contributed by atoms with Gasteiger partial charge in [-0.05, 0) is 38.7 Å². The Morgan fingerprint density at radius 1 is 0.933 bits per heavy atom. The van der Waals surface area contributed by atoms with Gasteiger partial charge in [0.05, 0.1) is 0 Å². The van der Waals surface area contributed by atoms with Crippen molar-refractivity contribution in [3.8, 4) is 0 Å². The normalized spacial score (nSPS) is 10.6. The molecule has 84 valence electrons. The van der Waals surface area contributed by atoms with Crippen LogP contribution in [0.4, 0.5) is 0 Å².